The largest absolute Gasteiger partial charge is 0.394 e. The van der Waals surface area contributed by atoms with Crippen LogP contribution in [-0.4, -0.2) is 42.2 Å². The molecule has 3 aliphatic rings. The molecule has 3 unspecified atom stereocenters. The molecular formula is C25H48N4O2. The van der Waals surface area contributed by atoms with E-state index in [4.69, 9.17) is 10.8 Å². The molecule has 0 saturated heterocycles. The fourth-order valence-electron chi connectivity index (χ4n) is 5.92. The van der Waals surface area contributed by atoms with Gasteiger partial charge in [-0.15, -0.1) is 0 Å². The lowest BCUT2D eigenvalue weighted by Crippen LogP contribution is -2.49. The van der Waals surface area contributed by atoms with E-state index < -0.39 is 0 Å². The highest BCUT2D eigenvalue weighted by molar-refractivity contribution is 5.78. The van der Waals surface area contributed by atoms with Crippen LogP contribution in [0.15, 0.2) is 4.99 Å². The van der Waals surface area contributed by atoms with Gasteiger partial charge in [0.25, 0.3) is 0 Å². The van der Waals surface area contributed by atoms with E-state index in [1.54, 1.807) is 7.05 Å². The zero-order valence-corrected chi connectivity index (χ0v) is 20.7. The molecule has 5 N–H and O–H groups in total. The van der Waals surface area contributed by atoms with Crippen LogP contribution in [0.25, 0.3) is 0 Å². The Morgan fingerprint density at radius 2 is 1.94 bits per heavy atom. The third-order valence-corrected chi connectivity index (χ3v) is 8.05. The van der Waals surface area contributed by atoms with E-state index in [1.165, 1.54) is 57.8 Å². The molecule has 4 atom stereocenters. The number of nitrogens with zero attached hydrogens (tertiary/aromatic N) is 1. The minimum Gasteiger partial charge on any atom is -0.394 e. The lowest BCUT2D eigenvalue weighted by Gasteiger charge is -2.25. The normalized spacial score (nSPS) is 29.8. The number of aliphatic imine (C=N–C) groups is 1. The second kappa shape index (κ2) is 11.5. The number of guanidine groups is 1. The van der Waals surface area contributed by atoms with Gasteiger partial charge in [-0.2, -0.15) is 0 Å². The van der Waals surface area contributed by atoms with Crippen LogP contribution in [0.4, 0.5) is 0 Å². The van der Waals surface area contributed by atoms with E-state index in [9.17, 15) is 4.79 Å². The molecule has 31 heavy (non-hydrogen) atoms. The number of carbonyl (C=O) groups excluding carboxylic acids is 1. The van der Waals surface area contributed by atoms with E-state index >= 15 is 0 Å². The smallest absolute Gasteiger partial charge is 0.220 e. The molecular weight excluding hydrogens is 388 g/mol. The van der Waals surface area contributed by atoms with Crippen LogP contribution in [0.3, 0.4) is 0 Å². The van der Waals surface area contributed by atoms with Gasteiger partial charge < -0.3 is 21.5 Å². The van der Waals surface area contributed by atoms with Crippen molar-refractivity contribution in [1.82, 2.24) is 10.6 Å². The van der Waals surface area contributed by atoms with E-state index in [-0.39, 0.29) is 12.1 Å². The average Bonchev–Trinajstić information content (AvgIpc) is 3.42. The first kappa shape index (κ1) is 26.0. The number of rotatable bonds is 7. The highest BCUT2D eigenvalue weighted by Crippen LogP contribution is 2.56. The quantitative estimate of drug-likeness (QED) is 0.358. The second-order valence-electron chi connectivity index (χ2n) is 11.3. The lowest BCUT2D eigenvalue weighted by molar-refractivity contribution is -0.122. The Kier molecular flexibility index (Phi) is 9.66. The summed E-state index contributed by atoms with van der Waals surface area (Å²) in [6.45, 7) is 8.43. The predicted octanol–water partition coefficient (Wildman–Crippen LogP) is 3.97. The van der Waals surface area contributed by atoms with Crippen LogP contribution in [0.1, 0.15) is 98.3 Å². The van der Waals surface area contributed by atoms with Crippen molar-refractivity contribution in [3.63, 3.8) is 0 Å². The van der Waals surface area contributed by atoms with Gasteiger partial charge >= 0.3 is 0 Å². The van der Waals surface area contributed by atoms with Crippen molar-refractivity contribution in [2.24, 2.45) is 33.9 Å². The van der Waals surface area contributed by atoms with Gasteiger partial charge in [0.2, 0.25) is 5.91 Å². The van der Waals surface area contributed by atoms with Crippen molar-refractivity contribution < 1.29 is 9.90 Å². The van der Waals surface area contributed by atoms with E-state index in [0.717, 1.165) is 30.6 Å². The molecule has 6 heteroatoms. The van der Waals surface area contributed by atoms with Crippen molar-refractivity contribution in [3.05, 3.63) is 0 Å². The Morgan fingerprint density at radius 1 is 1.26 bits per heavy atom. The first-order valence-corrected chi connectivity index (χ1v) is 12.5. The molecule has 0 aliphatic heterocycles. The van der Waals surface area contributed by atoms with Crippen LogP contribution in [0.2, 0.25) is 0 Å². The topological polar surface area (TPSA) is 99.7 Å². The predicted molar refractivity (Wildman–Crippen MR) is 129 cm³/mol. The maximum Gasteiger partial charge on any atom is 0.220 e. The van der Waals surface area contributed by atoms with Crippen molar-refractivity contribution >= 4 is 11.9 Å². The van der Waals surface area contributed by atoms with Gasteiger partial charge in [-0.1, -0.05) is 39.0 Å². The number of hydrogen-bond donors (Lipinski definition) is 4. The number of aliphatic hydroxyl groups is 1. The Bertz CT molecular complexity index is 600. The van der Waals surface area contributed by atoms with Crippen molar-refractivity contribution in [1.29, 1.82) is 0 Å². The van der Waals surface area contributed by atoms with E-state index in [2.05, 4.69) is 29.5 Å². The fraction of sp³-hybridized carbons (Fsp3) is 0.920. The van der Waals surface area contributed by atoms with Gasteiger partial charge in [-0.05, 0) is 76.0 Å². The molecule has 0 spiro atoms. The zero-order chi connectivity index (χ0) is 23.1. The van der Waals surface area contributed by atoms with Gasteiger partial charge in [-0.3, -0.25) is 9.79 Å². The molecule has 3 saturated carbocycles. The van der Waals surface area contributed by atoms with Crippen LogP contribution in [0.5, 0.6) is 0 Å². The highest BCUT2D eigenvalue weighted by atomic mass is 16.3. The highest BCUT2D eigenvalue weighted by Gasteiger charge is 2.47. The number of hydrogen-bond acceptors (Lipinski definition) is 3. The second-order valence-corrected chi connectivity index (χ2v) is 11.3. The Hall–Kier alpha value is -1.30. The van der Waals surface area contributed by atoms with Crippen LogP contribution in [0, 0.1) is 23.2 Å². The number of carbonyl (C=O) groups is 1. The zero-order valence-electron chi connectivity index (χ0n) is 20.7. The molecule has 180 valence electrons. The van der Waals surface area contributed by atoms with Gasteiger partial charge in [0.15, 0.2) is 5.96 Å². The number of nitrogens with one attached hydrogen (secondary N) is 2. The Balaban J connectivity index is 0.000000291. The third kappa shape index (κ3) is 7.96. The molecule has 0 aromatic carbocycles. The number of nitrogens with two attached hydrogens (primary N) is 1. The number of amides is 1. The van der Waals surface area contributed by atoms with Gasteiger partial charge in [0, 0.05) is 19.5 Å². The first-order valence-electron chi connectivity index (χ1n) is 12.5. The van der Waals surface area contributed by atoms with Gasteiger partial charge in [0.05, 0.1) is 12.1 Å². The molecule has 0 radical (unpaired) electrons. The summed E-state index contributed by atoms with van der Waals surface area (Å²) in [4.78, 5) is 15.9. The van der Waals surface area contributed by atoms with E-state index in [0.29, 0.717) is 23.3 Å². The average molecular weight is 437 g/mol. The lowest BCUT2D eigenvalue weighted by atomic mass is 9.82. The van der Waals surface area contributed by atoms with E-state index in [1.807, 2.05) is 13.8 Å². The van der Waals surface area contributed by atoms with Crippen LogP contribution in [-0.2, 0) is 4.79 Å². The summed E-state index contributed by atoms with van der Waals surface area (Å²) in [5.41, 5.74) is 5.57. The number of aliphatic hydroxyl groups excluding tert-OH is 1. The minimum atomic E-state index is -0.385. The molecule has 3 fully saturated rings. The van der Waals surface area contributed by atoms with Crippen molar-refractivity contribution in [3.8, 4) is 0 Å². The molecule has 6 nitrogen and oxygen atoms in total. The summed E-state index contributed by atoms with van der Waals surface area (Å²) in [6.07, 6.45) is 14.3. The summed E-state index contributed by atoms with van der Waals surface area (Å²) >= 11 is 0. The summed E-state index contributed by atoms with van der Waals surface area (Å²) in [7, 11) is 1.59. The maximum atomic E-state index is 12.2. The van der Waals surface area contributed by atoms with Crippen LogP contribution < -0.4 is 16.4 Å². The molecule has 3 rings (SSSR count). The van der Waals surface area contributed by atoms with Crippen LogP contribution >= 0.6 is 0 Å². The van der Waals surface area contributed by atoms with Gasteiger partial charge in [0.1, 0.15) is 0 Å². The SMILES string of the molecule is CC(NC(=O)CCC1CCCC1)C1CC2CCC[C@@]2(C)C1.CN=C(N)NC(C)(C)CO. The third-order valence-electron chi connectivity index (χ3n) is 8.05. The summed E-state index contributed by atoms with van der Waals surface area (Å²) in [6, 6.07) is 0.378. The molecule has 0 aromatic rings. The standard InChI is InChI=1S/C19H33NO.C6H15N3O/c1-14(16-12-17-8-5-11-19(17,2)13-16)20-18(21)10-9-15-6-3-4-7-15;1-6(2,4-10)9-5(7)8-3/h14-17H,3-13H2,1-2H3,(H,20,21);10H,4H2,1-3H3,(H3,7,8,9)/t14?,16?,17?,19-;/m0./s1. The summed E-state index contributed by atoms with van der Waals surface area (Å²) in [5, 5.41) is 14.9. The molecule has 0 bridgehead atoms. The molecule has 3 aliphatic carbocycles. The summed E-state index contributed by atoms with van der Waals surface area (Å²) < 4.78 is 0. The monoisotopic (exact) mass is 436 g/mol. The maximum absolute atomic E-state index is 12.2. The summed E-state index contributed by atoms with van der Waals surface area (Å²) in [5.74, 6) is 3.13. The molecule has 1 amide bonds. The first-order chi connectivity index (χ1) is 14.6. The van der Waals surface area contributed by atoms with Gasteiger partial charge in [-0.25, -0.2) is 0 Å². The minimum absolute atomic E-state index is 0.0310. The Morgan fingerprint density at radius 3 is 2.52 bits per heavy atom. The molecule has 0 aromatic heterocycles. The number of fused-ring (bicyclic) bond motifs is 1. The van der Waals surface area contributed by atoms with Crippen molar-refractivity contribution in [2.75, 3.05) is 13.7 Å². The van der Waals surface area contributed by atoms with Crippen molar-refractivity contribution in [2.45, 2.75) is 110 Å². The Labute approximate surface area is 190 Å². The molecule has 0 heterocycles. The fourth-order valence-corrected chi connectivity index (χ4v) is 5.92.